The van der Waals surface area contributed by atoms with Crippen LogP contribution in [0.2, 0.25) is 0 Å². The lowest BCUT2D eigenvalue weighted by Crippen LogP contribution is -2.30. The third kappa shape index (κ3) is 8.87. The van der Waals surface area contributed by atoms with E-state index in [1.165, 1.54) is 39.0 Å². The van der Waals surface area contributed by atoms with Crippen molar-refractivity contribution in [2.45, 2.75) is 35.0 Å². The molecule has 17 heavy (non-hydrogen) atoms. The van der Waals surface area contributed by atoms with Crippen LogP contribution in [0.25, 0.3) is 0 Å². The molecular formula is C12H25Cl2IN2. The van der Waals surface area contributed by atoms with Crippen LogP contribution in [0.5, 0.6) is 0 Å². The monoisotopic (exact) mass is 394 g/mol. The number of piperidine rings is 2. The SMILES string of the molecule is CN1CCC(Cl)CC1.CN1CCC(I)CC1.Cl. The van der Waals surface area contributed by atoms with Gasteiger partial charge in [0, 0.05) is 9.30 Å². The summed E-state index contributed by atoms with van der Waals surface area (Å²) in [6.45, 7) is 4.95. The van der Waals surface area contributed by atoms with Gasteiger partial charge in [0.1, 0.15) is 0 Å². The standard InChI is InChI=1S/C6H12ClN.C6H12IN.ClH/c2*1-8-4-2-6(7)3-5-8;/h2*6H,2-5H2,1H3;1H. The number of halogens is 3. The third-order valence-electron chi connectivity index (χ3n) is 3.30. The molecule has 2 rings (SSSR count). The van der Waals surface area contributed by atoms with Gasteiger partial charge in [0.15, 0.2) is 0 Å². The molecule has 0 aromatic carbocycles. The number of likely N-dealkylation sites (tertiary alicyclic amines) is 2. The van der Waals surface area contributed by atoms with Crippen LogP contribution >= 0.6 is 46.6 Å². The van der Waals surface area contributed by atoms with Crippen LogP contribution in [0.4, 0.5) is 0 Å². The summed E-state index contributed by atoms with van der Waals surface area (Å²) in [5, 5.41) is 0.450. The summed E-state index contributed by atoms with van der Waals surface area (Å²) in [5.41, 5.74) is 0. The van der Waals surface area contributed by atoms with E-state index >= 15 is 0 Å². The van der Waals surface area contributed by atoms with Gasteiger partial charge in [0.25, 0.3) is 0 Å². The Morgan fingerprint density at radius 3 is 1.53 bits per heavy atom. The van der Waals surface area contributed by atoms with Gasteiger partial charge in [-0.1, -0.05) is 22.6 Å². The highest BCUT2D eigenvalue weighted by molar-refractivity contribution is 14.1. The lowest BCUT2D eigenvalue weighted by molar-refractivity contribution is 0.280. The molecule has 2 nitrogen and oxygen atoms in total. The maximum atomic E-state index is 5.86. The van der Waals surface area contributed by atoms with Crippen molar-refractivity contribution >= 4 is 46.6 Å². The summed E-state index contributed by atoms with van der Waals surface area (Å²) in [6.07, 6.45) is 5.10. The fourth-order valence-electron chi connectivity index (χ4n) is 1.95. The lowest BCUT2D eigenvalue weighted by atomic mass is 10.1. The van der Waals surface area contributed by atoms with Crippen molar-refractivity contribution in [1.29, 1.82) is 0 Å². The first-order valence-corrected chi connectivity index (χ1v) is 7.91. The van der Waals surface area contributed by atoms with E-state index in [4.69, 9.17) is 11.6 Å². The molecule has 2 saturated heterocycles. The van der Waals surface area contributed by atoms with Crippen molar-refractivity contribution in [3.05, 3.63) is 0 Å². The van der Waals surface area contributed by atoms with Gasteiger partial charge in [0.2, 0.25) is 0 Å². The summed E-state index contributed by atoms with van der Waals surface area (Å²) in [4.78, 5) is 4.72. The van der Waals surface area contributed by atoms with E-state index in [2.05, 4.69) is 46.5 Å². The van der Waals surface area contributed by atoms with E-state index in [0.717, 1.165) is 16.8 Å². The van der Waals surface area contributed by atoms with Crippen LogP contribution in [-0.2, 0) is 0 Å². The molecule has 0 unspecified atom stereocenters. The summed E-state index contributed by atoms with van der Waals surface area (Å²) in [5.74, 6) is 0. The Labute approximate surface area is 131 Å². The molecule has 0 amide bonds. The van der Waals surface area contributed by atoms with E-state index in [1.807, 2.05) is 0 Å². The zero-order valence-electron chi connectivity index (χ0n) is 10.9. The van der Waals surface area contributed by atoms with Crippen molar-refractivity contribution in [2.75, 3.05) is 40.3 Å². The minimum atomic E-state index is 0. The van der Waals surface area contributed by atoms with Gasteiger partial charge >= 0.3 is 0 Å². The van der Waals surface area contributed by atoms with E-state index < -0.39 is 0 Å². The molecule has 0 N–H and O–H groups in total. The zero-order valence-corrected chi connectivity index (χ0v) is 14.6. The van der Waals surface area contributed by atoms with Gasteiger partial charge in [0.05, 0.1) is 0 Å². The molecule has 2 aliphatic rings. The quantitative estimate of drug-likeness (QED) is 0.459. The molecular weight excluding hydrogens is 370 g/mol. The Balaban J connectivity index is 0.000000284. The first-order chi connectivity index (χ1) is 7.58. The molecule has 2 heterocycles. The lowest BCUT2D eigenvalue weighted by Gasteiger charge is -2.25. The second-order valence-electron chi connectivity index (χ2n) is 4.96. The Bertz CT molecular complexity index is 139. The molecule has 104 valence electrons. The van der Waals surface area contributed by atoms with Crippen LogP contribution in [-0.4, -0.2) is 59.4 Å². The Kier molecular flexibility index (Phi) is 10.8. The third-order valence-corrected chi connectivity index (χ3v) is 4.98. The van der Waals surface area contributed by atoms with Crippen molar-refractivity contribution in [3.8, 4) is 0 Å². The van der Waals surface area contributed by atoms with Crippen LogP contribution < -0.4 is 0 Å². The molecule has 0 aromatic rings. The van der Waals surface area contributed by atoms with Crippen molar-refractivity contribution in [3.63, 3.8) is 0 Å². The number of hydrogen-bond donors (Lipinski definition) is 0. The highest BCUT2D eigenvalue weighted by atomic mass is 127. The summed E-state index contributed by atoms with van der Waals surface area (Å²) in [6, 6.07) is 0. The molecule has 0 spiro atoms. The smallest absolute Gasteiger partial charge is 0.0360 e. The predicted molar refractivity (Wildman–Crippen MR) is 88.2 cm³/mol. The van der Waals surface area contributed by atoms with E-state index in [9.17, 15) is 0 Å². The molecule has 0 aromatic heterocycles. The maximum absolute atomic E-state index is 5.86. The van der Waals surface area contributed by atoms with Crippen LogP contribution in [0.3, 0.4) is 0 Å². The fraction of sp³-hybridized carbons (Fsp3) is 1.00. The topological polar surface area (TPSA) is 6.48 Å². The van der Waals surface area contributed by atoms with Crippen LogP contribution in [0.1, 0.15) is 25.7 Å². The van der Waals surface area contributed by atoms with E-state index in [0.29, 0.717) is 5.38 Å². The van der Waals surface area contributed by atoms with Gasteiger partial charge in [-0.3, -0.25) is 0 Å². The predicted octanol–water partition coefficient (Wildman–Crippen LogP) is 3.26. The average molecular weight is 395 g/mol. The number of rotatable bonds is 0. The highest BCUT2D eigenvalue weighted by Crippen LogP contribution is 2.16. The van der Waals surface area contributed by atoms with E-state index in [-0.39, 0.29) is 12.4 Å². The molecule has 0 radical (unpaired) electrons. The molecule has 0 bridgehead atoms. The van der Waals surface area contributed by atoms with Gasteiger partial charge in [-0.25, -0.2) is 0 Å². The molecule has 0 aliphatic carbocycles. The maximum Gasteiger partial charge on any atom is 0.0360 e. The summed E-state index contributed by atoms with van der Waals surface area (Å²) < 4.78 is 0.948. The molecule has 0 saturated carbocycles. The summed E-state index contributed by atoms with van der Waals surface area (Å²) >= 11 is 8.40. The molecule has 5 heteroatoms. The van der Waals surface area contributed by atoms with Crippen LogP contribution in [0.15, 0.2) is 0 Å². The molecule has 0 atom stereocenters. The Morgan fingerprint density at radius 1 is 0.882 bits per heavy atom. The average Bonchev–Trinajstić information content (AvgIpc) is 2.28. The first kappa shape index (κ1) is 18.2. The van der Waals surface area contributed by atoms with Gasteiger partial charge in [-0.2, -0.15) is 0 Å². The van der Waals surface area contributed by atoms with Gasteiger partial charge < -0.3 is 9.80 Å². The second kappa shape index (κ2) is 10.1. The van der Waals surface area contributed by atoms with Crippen molar-refractivity contribution < 1.29 is 0 Å². The molecule has 2 fully saturated rings. The van der Waals surface area contributed by atoms with Crippen molar-refractivity contribution in [1.82, 2.24) is 9.80 Å². The first-order valence-electron chi connectivity index (χ1n) is 6.23. The summed E-state index contributed by atoms with van der Waals surface area (Å²) in [7, 11) is 4.34. The largest absolute Gasteiger partial charge is 0.306 e. The normalized spacial score (nSPS) is 24.7. The minimum absolute atomic E-state index is 0. The fourth-order valence-corrected chi connectivity index (χ4v) is 2.71. The number of alkyl halides is 2. The number of hydrogen-bond acceptors (Lipinski definition) is 2. The van der Waals surface area contributed by atoms with Crippen LogP contribution in [0, 0.1) is 0 Å². The van der Waals surface area contributed by atoms with E-state index in [1.54, 1.807) is 0 Å². The zero-order chi connectivity index (χ0) is 12.0. The Morgan fingerprint density at radius 2 is 1.24 bits per heavy atom. The minimum Gasteiger partial charge on any atom is -0.306 e. The van der Waals surface area contributed by atoms with Gasteiger partial charge in [-0.15, -0.1) is 24.0 Å². The highest BCUT2D eigenvalue weighted by Gasteiger charge is 2.13. The number of nitrogens with zero attached hydrogens (tertiary/aromatic N) is 2. The van der Waals surface area contributed by atoms with Gasteiger partial charge in [-0.05, 0) is 66.0 Å². The molecule has 2 aliphatic heterocycles. The van der Waals surface area contributed by atoms with Crippen molar-refractivity contribution in [2.24, 2.45) is 0 Å². The Hall–Kier alpha value is 1.23. The second-order valence-corrected chi connectivity index (χ2v) is 7.33.